The third-order valence-corrected chi connectivity index (χ3v) is 3.38. The summed E-state index contributed by atoms with van der Waals surface area (Å²) in [6.07, 6.45) is -3.06. The molecule has 0 fully saturated rings. The van der Waals surface area contributed by atoms with Crippen molar-refractivity contribution in [2.75, 3.05) is 5.73 Å². The van der Waals surface area contributed by atoms with Crippen molar-refractivity contribution in [1.29, 1.82) is 0 Å². The van der Waals surface area contributed by atoms with Gasteiger partial charge in [0.1, 0.15) is 11.3 Å². The standard InChI is InChI=1S/C10H6F3N5S/c11-10(12,13)6-1-5(2-7(14)3-6)8-17-18-4-15-16-9(18)19-8/h1-4H,14H2. The first kappa shape index (κ1) is 11.9. The van der Waals surface area contributed by atoms with Crippen LogP contribution in [0.15, 0.2) is 24.5 Å². The van der Waals surface area contributed by atoms with E-state index >= 15 is 0 Å². The Morgan fingerprint density at radius 1 is 1.21 bits per heavy atom. The van der Waals surface area contributed by atoms with Crippen molar-refractivity contribution in [3.63, 3.8) is 0 Å². The number of aromatic nitrogens is 4. The highest BCUT2D eigenvalue weighted by atomic mass is 32.1. The van der Waals surface area contributed by atoms with E-state index in [1.54, 1.807) is 0 Å². The van der Waals surface area contributed by atoms with E-state index in [4.69, 9.17) is 5.73 Å². The molecule has 0 saturated carbocycles. The fraction of sp³-hybridized carbons (Fsp3) is 0.100. The van der Waals surface area contributed by atoms with Gasteiger partial charge < -0.3 is 5.73 Å². The highest BCUT2D eigenvalue weighted by Gasteiger charge is 2.31. The van der Waals surface area contributed by atoms with Gasteiger partial charge in [0.05, 0.1) is 5.56 Å². The first-order valence-corrected chi connectivity index (χ1v) is 5.90. The average Bonchev–Trinajstić information content (AvgIpc) is 2.86. The predicted octanol–water partition coefficient (Wildman–Crippen LogP) is 2.45. The van der Waals surface area contributed by atoms with Crippen LogP contribution in [0, 0.1) is 0 Å². The van der Waals surface area contributed by atoms with Gasteiger partial charge in [0.2, 0.25) is 4.96 Å². The van der Waals surface area contributed by atoms with Gasteiger partial charge in [-0.3, -0.25) is 0 Å². The van der Waals surface area contributed by atoms with Crippen LogP contribution in [-0.4, -0.2) is 19.8 Å². The summed E-state index contributed by atoms with van der Waals surface area (Å²) in [4.78, 5) is 0.506. The van der Waals surface area contributed by atoms with E-state index in [2.05, 4.69) is 15.3 Å². The Bertz CT molecular complexity index is 717. The molecule has 0 aliphatic carbocycles. The summed E-state index contributed by atoms with van der Waals surface area (Å²) >= 11 is 1.14. The molecule has 0 unspecified atom stereocenters. The molecule has 2 aromatic heterocycles. The Morgan fingerprint density at radius 2 is 2.00 bits per heavy atom. The van der Waals surface area contributed by atoms with Crippen LogP contribution < -0.4 is 5.73 Å². The van der Waals surface area contributed by atoms with Crippen molar-refractivity contribution in [3.8, 4) is 10.6 Å². The highest BCUT2D eigenvalue weighted by molar-refractivity contribution is 7.19. The summed E-state index contributed by atoms with van der Waals surface area (Å²) < 4.78 is 39.5. The Hall–Kier alpha value is -2.16. The lowest BCUT2D eigenvalue weighted by atomic mass is 10.1. The van der Waals surface area contributed by atoms with E-state index in [-0.39, 0.29) is 5.69 Å². The van der Waals surface area contributed by atoms with Crippen LogP contribution >= 0.6 is 11.3 Å². The average molecular weight is 285 g/mol. The number of fused-ring (bicyclic) bond motifs is 1. The zero-order valence-electron chi connectivity index (χ0n) is 9.22. The fourth-order valence-electron chi connectivity index (χ4n) is 1.62. The molecule has 2 N–H and O–H groups in total. The minimum absolute atomic E-state index is 0.0378. The van der Waals surface area contributed by atoms with Crippen molar-refractivity contribution >= 4 is 22.0 Å². The van der Waals surface area contributed by atoms with Gasteiger partial charge in [-0.15, -0.1) is 10.2 Å². The van der Waals surface area contributed by atoms with Crippen molar-refractivity contribution < 1.29 is 13.2 Å². The van der Waals surface area contributed by atoms with Crippen molar-refractivity contribution in [3.05, 3.63) is 30.1 Å². The zero-order chi connectivity index (χ0) is 13.6. The Labute approximate surface area is 108 Å². The van der Waals surface area contributed by atoms with Crippen LogP contribution in [0.25, 0.3) is 15.5 Å². The third kappa shape index (κ3) is 2.12. The molecule has 19 heavy (non-hydrogen) atoms. The van der Waals surface area contributed by atoms with Gasteiger partial charge in [-0.25, -0.2) is 0 Å². The zero-order valence-corrected chi connectivity index (χ0v) is 10.0. The molecule has 1 aromatic carbocycles. The predicted molar refractivity (Wildman–Crippen MR) is 63.5 cm³/mol. The lowest BCUT2D eigenvalue weighted by Crippen LogP contribution is -2.06. The fourth-order valence-corrected chi connectivity index (χ4v) is 2.42. The van der Waals surface area contributed by atoms with Crippen LogP contribution in [0.3, 0.4) is 0 Å². The molecule has 0 saturated heterocycles. The molecular weight excluding hydrogens is 279 g/mol. The molecule has 0 bridgehead atoms. The first-order chi connectivity index (χ1) is 8.93. The summed E-state index contributed by atoms with van der Waals surface area (Å²) in [5.41, 5.74) is 5.05. The molecule has 98 valence electrons. The number of rotatable bonds is 1. The number of halogens is 3. The molecule has 0 aliphatic rings. The van der Waals surface area contributed by atoms with Crippen LogP contribution in [0.2, 0.25) is 0 Å². The topological polar surface area (TPSA) is 69.1 Å². The second-order valence-corrected chi connectivity index (χ2v) is 4.76. The first-order valence-electron chi connectivity index (χ1n) is 5.08. The van der Waals surface area contributed by atoms with E-state index in [1.807, 2.05) is 0 Å². The molecule has 0 atom stereocenters. The minimum Gasteiger partial charge on any atom is -0.399 e. The number of nitrogens with two attached hydrogens (primary N) is 1. The van der Waals surface area contributed by atoms with Gasteiger partial charge in [0, 0.05) is 11.3 Å². The van der Waals surface area contributed by atoms with E-state index in [9.17, 15) is 13.2 Å². The van der Waals surface area contributed by atoms with Gasteiger partial charge in [-0.05, 0) is 18.2 Å². The molecule has 0 radical (unpaired) electrons. The van der Waals surface area contributed by atoms with Gasteiger partial charge in [-0.2, -0.15) is 22.8 Å². The molecule has 5 nitrogen and oxygen atoms in total. The van der Waals surface area contributed by atoms with Crippen molar-refractivity contribution in [2.24, 2.45) is 0 Å². The summed E-state index contributed by atoms with van der Waals surface area (Å²) in [6, 6.07) is 3.35. The van der Waals surface area contributed by atoms with E-state index in [0.29, 0.717) is 15.5 Å². The number of benzene rings is 1. The Kier molecular flexibility index (Phi) is 2.45. The van der Waals surface area contributed by atoms with Crippen LogP contribution in [0.4, 0.5) is 18.9 Å². The monoisotopic (exact) mass is 285 g/mol. The maximum absolute atomic E-state index is 12.7. The normalized spacial score (nSPS) is 12.2. The molecule has 0 spiro atoms. The lowest BCUT2D eigenvalue weighted by molar-refractivity contribution is -0.137. The van der Waals surface area contributed by atoms with Crippen molar-refractivity contribution in [2.45, 2.75) is 6.18 Å². The van der Waals surface area contributed by atoms with E-state index < -0.39 is 11.7 Å². The maximum Gasteiger partial charge on any atom is 0.416 e. The summed E-state index contributed by atoms with van der Waals surface area (Å²) in [6.45, 7) is 0. The maximum atomic E-state index is 12.7. The number of nitrogens with zero attached hydrogens (tertiary/aromatic N) is 4. The second-order valence-electron chi connectivity index (χ2n) is 3.81. The summed E-state index contributed by atoms with van der Waals surface area (Å²) in [7, 11) is 0. The molecule has 9 heteroatoms. The van der Waals surface area contributed by atoms with E-state index in [0.717, 1.165) is 23.5 Å². The quantitative estimate of drug-likeness (QED) is 0.697. The molecule has 0 aliphatic heterocycles. The highest BCUT2D eigenvalue weighted by Crippen LogP contribution is 2.35. The third-order valence-electron chi connectivity index (χ3n) is 2.42. The van der Waals surface area contributed by atoms with Gasteiger partial charge in [-0.1, -0.05) is 11.3 Å². The second kappa shape index (κ2) is 3.92. The van der Waals surface area contributed by atoms with Crippen LogP contribution in [-0.2, 0) is 6.18 Å². The molecule has 3 rings (SSSR count). The number of alkyl halides is 3. The molecule has 2 heterocycles. The SMILES string of the molecule is Nc1cc(-c2nn3cnnc3s2)cc(C(F)(F)F)c1. The van der Waals surface area contributed by atoms with Gasteiger partial charge >= 0.3 is 6.18 Å². The largest absolute Gasteiger partial charge is 0.416 e. The number of hydrogen-bond acceptors (Lipinski definition) is 5. The number of anilines is 1. The van der Waals surface area contributed by atoms with Crippen LogP contribution in [0.1, 0.15) is 5.56 Å². The van der Waals surface area contributed by atoms with E-state index in [1.165, 1.54) is 16.9 Å². The van der Waals surface area contributed by atoms with Crippen LogP contribution in [0.5, 0.6) is 0 Å². The lowest BCUT2D eigenvalue weighted by Gasteiger charge is -2.08. The Morgan fingerprint density at radius 3 is 2.68 bits per heavy atom. The smallest absolute Gasteiger partial charge is 0.399 e. The molecule has 3 aromatic rings. The number of hydrogen-bond donors (Lipinski definition) is 1. The minimum atomic E-state index is -4.44. The Balaban J connectivity index is 2.14. The number of nitrogen functional groups attached to an aromatic ring is 1. The summed E-state index contributed by atoms with van der Waals surface area (Å²) in [5, 5.41) is 11.9. The van der Waals surface area contributed by atoms with Gasteiger partial charge in [0.25, 0.3) is 0 Å². The van der Waals surface area contributed by atoms with Gasteiger partial charge in [0.15, 0.2) is 0 Å². The van der Waals surface area contributed by atoms with Crippen molar-refractivity contribution in [1.82, 2.24) is 19.8 Å². The summed E-state index contributed by atoms with van der Waals surface area (Å²) in [5.74, 6) is 0. The molecule has 0 amide bonds. The molecular formula is C10H6F3N5S.